The molecular formula is C7H8F4. The van der Waals surface area contributed by atoms with Crippen LogP contribution in [0.4, 0.5) is 17.6 Å². The molecule has 64 valence electrons. The second-order valence-electron chi connectivity index (χ2n) is 3.08. The van der Waals surface area contributed by atoms with Gasteiger partial charge in [-0.2, -0.15) is 17.6 Å². The van der Waals surface area contributed by atoms with Crippen molar-refractivity contribution in [2.45, 2.75) is 25.2 Å². The van der Waals surface area contributed by atoms with E-state index in [9.17, 15) is 17.6 Å². The molecular weight excluding hydrogens is 160 g/mol. The maximum Gasteiger partial charge on any atom is 0.319 e. The van der Waals surface area contributed by atoms with E-state index in [0.29, 0.717) is 0 Å². The summed E-state index contributed by atoms with van der Waals surface area (Å²) >= 11 is 0. The second-order valence-corrected chi connectivity index (χ2v) is 3.08. The Morgan fingerprint density at radius 1 is 1.27 bits per heavy atom. The lowest BCUT2D eigenvalue weighted by Crippen LogP contribution is -2.64. The van der Waals surface area contributed by atoms with E-state index in [1.807, 2.05) is 0 Å². The van der Waals surface area contributed by atoms with Crippen LogP contribution in [0.1, 0.15) is 13.3 Å². The first-order chi connectivity index (χ1) is 4.77. The van der Waals surface area contributed by atoms with E-state index >= 15 is 0 Å². The van der Waals surface area contributed by atoms with E-state index in [4.69, 9.17) is 0 Å². The first-order valence-electron chi connectivity index (χ1n) is 3.16. The minimum absolute atomic E-state index is 0.809. The summed E-state index contributed by atoms with van der Waals surface area (Å²) in [6, 6.07) is 0. The molecule has 1 atom stereocenters. The molecule has 0 aromatic rings. The largest absolute Gasteiger partial charge is 0.319 e. The quantitative estimate of drug-likeness (QED) is 0.417. The summed E-state index contributed by atoms with van der Waals surface area (Å²) in [6.07, 6.45) is 0.0842. The summed E-state index contributed by atoms with van der Waals surface area (Å²) in [4.78, 5) is 0. The number of rotatable bonds is 1. The summed E-state index contributed by atoms with van der Waals surface area (Å²) in [6.45, 7) is 4.18. The van der Waals surface area contributed by atoms with Gasteiger partial charge in [-0.3, -0.25) is 0 Å². The summed E-state index contributed by atoms with van der Waals surface area (Å²) in [5, 5.41) is 0. The third kappa shape index (κ3) is 0.752. The van der Waals surface area contributed by atoms with E-state index in [1.54, 1.807) is 0 Å². The molecule has 1 fully saturated rings. The maximum absolute atomic E-state index is 12.5. The van der Waals surface area contributed by atoms with Crippen LogP contribution in [0.2, 0.25) is 0 Å². The molecule has 0 radical (unpaired) electrons. The van der Waals surface area contributed by atoms with Crippen LogP contribution in [0.5, 0.6) is 0 Å². The molecule has 0 aromatic carbocycles. The Bertz CT molecular complexity index is 197. The van der Waals surface area contributed by atoms with Crippen molar-refractivity contribution in [1.29, 1.82) is 0 Å². The van der Waals surface area contributed by atoms with Crippen LogP contribution in [0.15, 0.2) is 12.7 Å². The number of allylic oxidation sites excluding steroid dienone is 1. The number of hydrogen-bond acceptors (Lipinski definition) is 0. The Labute approximate surface area is 61.9 Å². The van der Waals surface area contributed by atoms with Gasteiger partial charge in [-0.15, -0.1) is 6.58 Å². The average Bonchev–Trinajstić information content (AvgIpc) is 1.86. The molecule has 0 bridgehead atoms. The lowest BCUT2D eigenvalue weighted by Gasteiger charge is -2.50. The zero-order valence-corrected chi connectivity index (χ0v) is 6.00. The Kier molecular flexibility index (Phi) is 1.39. The van der Waals surface area contributed by atoms with E-state index < -0.39 is 23.7 Å². The third-order valence-corrected chi connectivity index (χ3v) is 2.22. The normalized spacial score (nSPS) is 39.4. The fourth-order valence-corrected chi connectivity index (χ4v) is 1.19. The zero-order valence-electron chi connectivity index (χ0n) is 6.00. The van der Waals surface area contributed by atoms with Crippen LogP contribution in [0.25, 0.3) is 0 Å². The maximum atomic E-state index is 12.5. The third-order valence-electron chi connectivity index (χ3n) is 2.22. The highest BCUT2D eigenvalue weighted by Crippen LogP contribution is 2.63. The van der Waals surface area contributed by atoms with Crippen molar-refractivity contribution in [3.63, 3.8) is 0 Å². The Morgan fingerprint density at radius 3 is 1.82 bits per heavy atom. The lowest BCUT2D eigenvalue weighted by molar-refractivity contribution is -0.337. The number of alkyl halides is 4. The first-order valence-corrected chi connectivity index (χ1v) is 3.16. The summed E-state index contributed by atoms with van der Waals surface area (Å²) in [5.41, 5.74) is -1.73. The van der Waals surface area contributed by atoms with Crippen molar-refractivity contribution in [2.24, 2.45) is 5.41 Å². The van der Waals surface area contributed by atoms with Crippen LogP contribution < -0.4 is 0 Å². The molecule has 1 saturated carbocycles. The minimum atomic E-state index is -3.93. The molecule has 11 heavy (non-hydrogen) atoms. The monoisotopic (exact) mass is 168 g/mol. The molecule has 0 nitrogen and oxygen atoms in total. The molecule has 1 aliphatic rings. The zero-order chi connectivity index (χ0) is 8.91. The summed E-state index contributed by atoms with van der Waals surface area (Å²) in [5.74, 6) is -7.78. The van der Waals surface area contributed by atoms with Gasteiger partial charge in [0.1, 0.15) is 0 Å². The van der Waals surface area contributed by atoms with Gasteiger partial charge in [0.05, 0.1) is 5.41 Å². The van der Waals surface area contributed by atoms with Gasteiger partial charge in [0.15, 0.2) is 0 Å². The SMILES string of the molecule is C=CC1(C)CC(F)(F)C1(F)F. The first kappa shape index (κ1) is 8.56. The van der Waals surface area contributed by atoms with Gasteiger partial charge in [-0.05, 0) is 6.92 Å². The van der Waals surface area contributed by atoms with Crippen molar-refractivity contribution in [1.82, 2.24) is 0 Å². The van der Waals surface area contributed by atoms with Gasteiger partial charge in [-0.25, -0.2) is 0 Å². The molecule has 4 heteroatoms. The molecule has 1 unspecified atom stereocenters. The molecule has 0 heterocycles. The van der Waals surface area contributed by atoms with E-state index in [-0.39, 0.29) is 0 Å². The average molecular weight is 168 g/mol. The number of halogens is 4. The predicted molar refractivity (Wildman–Crippen MR) is 32.8 cm³/mol. The summed E-state index contributed by atoms with van der Waals surface area (Å²) < 4.78 is 49.5. The Balaban J connectivity index is 2.93. The van der Waals surface area contributed by atoms with E-state index in [2.05, 4.69) is 6.58 Å². The van der Waals surface area contributed by atoms with Crippen LogP contribution >= 0.6 is 0 Å². The van der Waals surface area contributed by atoms with Crippen molar-refractivity contribution in [2.75, 3.05) is 0 Å². The van der Waals surface area contributed by atoms with Crippen LogP contribution in [0.3, 0.4) is 0 Å². The van der Waals surface area contributed by atoms with Crippen molar-refractivity contribution >= 4 is 0 Å². The van der Waals surface area contributed by atoms with Crippen molar-refractivity contribution in [3.05, 3.63) is 12.7 Å². The fraction of sp³-hybridized carbons (Fsp3) is 0.714. The van der Waals surface area contributed by atoms with E-state index in [0.717, 1.165) is 13.0 Å². The molecule has 0 N–H and O–H groups in total. The molecule has 1 rings (SSSR count). The summed E-state index contributed by atoms with van der Waals surface area (Å²) in [7, 11) is 0. The standard InChI is InChI=1S/C7H8F4/c1-3-5(2)4-6(8,9)7(5,10)11/h3H,1,4H2,2H3. The van der Waals surface area contributed by atoms with Crippen LogP contribution in [-0.2, 0) is 0 Å². The highest BCUT2D eigenvalue weighted by Gasteiger charge is 2.76. The molecule has 0 saturated heterocycles. The predicted octanol–water partition coefficient (Wildman–Crippen LogP) is 2.85. The van der Waals surface area contributed by atoms with Gasteiger partial charge in [0, 0.05) is 6.42 Å². The highest BCUT2D eigenvalue weighted by atomic mass is 19.3. The van der Waals surface area contributed by atoms with Crippen LogP contribution in [-0.4, -0.2) is 11.8 Å². The number of hydrogen-bond donors (Lipinski definition) is 0. The van der Waals surface area contributed by atoms with Gasteiger partial charge >= 0.3 is 11.8 Å². The smallest absolute Gasteiger partial charge is 0.200 e. The van der Waals surface area contributed by atoms with Crippen molar-refractivity contribution in [3.8, 4) is 0 Å². The van der Waals surface area contributed by atoms with Gasteiger partial charge in [-0.1, -0.05) is 6.08 Å². The van der Waals surface area contributed by atoms with Gasteiger partial charge in [0.25, 0.3) is 0 Å². The topological polar surface area (TPSA) is 0 Å². The minimum Gasteiger partial charge on any atom is -0.200 e. The molecule has 0 aliphatic heterocycles. The molecule has 0 aromatic heterocycles. The Hall–Kier alpha value is -0.540. The van der Waals surface area contributed by atoms with Crippen LogP contribution in [0, 0.1) is 5.41 Å². The molecule has 0 spiro atoms. The van der Waals surface area contributed by atoms with E-state index in [1.165, 1.54) is 0 Å². The second kappa shape index (κ2) is 1.79. The fourth-order valence-electron chi connectivity index (χ4n) is 1.19. The lowest BCUT2D eigenvalue weighted by atomic mass is 9.64. The molecule has 1 aliphatic carbocycles. The highest BCUT2D eigenvalue weighted by molar-refractivity contribution is 5.18. The van der Waals surface area contributed by atoms with Gasteiger partial charge in [0.2, 0.25) is 0 Å². The van der Waals surface area contributed by atoms with Gasteiger partial charge < -0.3 is 0 Å². The van der Waals surface area contributed by atoms with Crippen molar-refractivity contribution < 1.29 is 17.6 Å². The molecule has 0 amide bonds. The Morgan fingerprint density at radius 2 is 1.73 bits per heavy atom.